The van der Waals surface area contributed by atoms with Crippen LogP contribution in [0.5, 0.6) is 0 Å². The van der Waals surface area contributed by atoms with Crippen LogP contribution in [0.3, 0.4) is 0 Å². The van der Waals surface area contributed by atoms with Crippen molar-refractivity contribution in [3.63, 3.8) is 0 Å². The van der Waals surface area contributed by atoms with Crippen LogP contribution < -0.4 is 16.4 Å². The third kappa shape index (κ3) is 5.32. The molecule has 12 aromatic carbocycles. The molecule has 0 amide bonds. The van der Waals surface area contributed by atoms with Gasteiger partial charge in [0.2, 0.25) is 0 Å². The number of hydrogen-bond acceptors (Lipinski definition) is 3. The predicted octanol–water partition coefficient (Wildman–Crippen LogP) is 11.6. The zero-order chi connectivity index (χ0) is 39.3. The first-order chi connectivity index (χ1) is 29.7. The molecule has 1 fully saturated rings. The molecule has 6 heteroatoms. The fraction of sp³-hybridized carbons (Fsp3) is 0. The van der Waals surface area contributed by atoms with E-state index in [4.69, 9.17) is 13.7 Å². The molecule has 0 radical (unpaired) electrons. The summed E-state index contributed by atoms with van der Waals surface area (Å²) in [5.41, 5.74) is 2.90. The van der Waals surface area contributed by atoms with Gasteiger partial charge in [-0.05, 0) is 150 Å². The highest BCUT2D eigenvalue weighted by Gasteiger charge is 2.45. The summed E-state index contributed by atoms with van der Waals surface area (Å²) in [5.74, 6) is 0. The van der Waals surface area contributed by atoms with Crippen molar-refractivity contribution in [3.05, 3.63) is 200 Å². The molecule has 0 aromatic heterocycles. The van der Waals surface area contributed by atoms with Crippen molar-refractivity contribution in [3.8, 4) is 0 Å². The van der Waals surface area contributed by atoms with Gasteiger partial charge in [-0.15, -0.1) is 0 Å². The van der Waals surface area contributed by atoms with Gasteiger partial charge in [0.15, 0.2) is 0 Å². The summed E-state index contributed by atoms with van der Waals surface area (Å²) in [6.45, 7) is 0. The minimum atomic E-state index is -0.727. The SMILES string of the molecule is c1ccc2cc3c(ccc4c(B5OB(c6cccc7c6ccc6cc8ccccc8cc67)OB(c6cccc7c6ccc6cc8ccccc8cc67)O5)cccc43)cc2c1. The largest absolute Gasteiger partial charge is 0.467 e. The molecule has 0 aliphatic carbocycles. The van der Waals surface area contributed by atoms with E-state index in [1.54, 1.807) is 0 Å². The lowest BCUT2D eigenvalue weighted by Crippen LogP contribution is -2.61. The van der Waals surface area contributed by atoms with Crippen LogP contribution in [0.4, 0.5) is 0 Å². The zero-order valence-corrected chi connectivity index (χ0v) is 32.5. The maximum Gasteiger partial charge on any atom is 0.467 e. The average molecular weight is 762 g/mol. The number of hydrogen-bond donors (Lipinski definition) is 0. The van der Waals surface area contributed by atoms with Crippen molar-refractivity contribution in [1.29, 1.82) is 0 Å². The summed E-state index contributed by atoms with van der Waals surface area (Å²) in [5, 5.41) is 21.3. The Labute approximate surface area is 347 Å². The predicted molar refractivity (Wildman–Crippen MR) is 256 cm³/mol. The molecule has 1 aliphatic rings. The smallest absolute Gasteiger partial charge is 0.445 e. The lowest BCUT2D eigenvalue weighted by atomic mass is 9.60. The van der Waals surface area contributed by atoms with E-state index in [1.807, 2.05) is 0 Å². The molecule has 1 aliphatic heterocycles. The first-order valence-electron chi connectivity index (χ1n) is 20.7. The van der Waals surface area contributed by atoms with Crippen LogP contribution in [0.1, 0.15) is 0 Å². The highest BCUT2D eigenvalue weighted by Crippen LogP contribution is 2.33. The Balaban J connectivity index is 0.999. The molecule has 0 unspecified atom stereocenters. The van der Waals surface area contributed by atoms with E-state index < -0.39 is 21.4 Å². The van der Waals surface area contributed by atoms with Gasteiger partial charge in [0, 0.05) is 0 Å². The average Bonchev–Trinajstić information content (AvgIpc) is 3.31. The molecule has 0 saturated carbocycles. The van der Waals surface area contributed by atoms with Crippen molar-refractivity contribution in [1.82, 2.24) is 0 Å². The zero-order valence-electron chi connectivity index (χ0n) is 32.5. The van der Waals surface area contributed by atoms with Gasteiger partial charge >= 0.3 is 21.4 Å². The highest BCUT2D eigenvalue weighted by molar-refractivity contribution is 6.89. The Morgan fingerprint density at radius 2 is 0.483 bits per heavy atom. The molecule has 0 spiro atoms. The van der Waals surface area contributed by atoms with Crippen LogP contribution in [0.2, 0.25) is 0 Å². The minimum absolute atomic E-state index is 0.727. The number of rotatable bonds is 3. The van der Waals surface area contributed by atoms with E-state index in [0.29, 0.717) is 0 Å². The standard InChI is InChI=1S/C54H33B3O3/c1-4-13-37-31-49-40(28-34(37)10-1)22-25-46-43(49)16-7-19-52(46)55-58-56(53-20-8-17-44-47(53)26-23-41-29-35-11-2-5-14-38(35)32-50(41)44)60-57(59-55)54-21-9-18-45-48(54)27-24-42-30-36-12-3-6-15-39(36)33-51(42)45/h1-33H. The summed E-state index contributed by atoms with van der Waals surface area (Å²) in [7, 11) is -2.18. The first kappa shape index (κ1) is 34.0. The summed E-state index contributed by atoms with van der Waals surface area (Å²) in [4.78, 5) is 0. The Hall–Kier alpha value is -6.95. The molecule has 12 aromatic rings. The maximum absolute atomic E-state index is 7.08. The number of benzene rings is 12. The first-order valence-corrected chi connectivity index (χ1v) is 20.7. The topological polar surface area (TPSA) is 27.7 Å². The van der Waals surface area contributed by atoms with E-state index in [9.17, 15) is 0 Å². The van der Waals surface area contributed by atoms with Gasteiger partial charge < -0.3 is 13.7 Å². The molecule has 0 atom stereocenters. The van der Waals surface area contributed by atoms with Crippen LogP contribution in [-0.2, 0) is 13.7 Å². The summed E-state index contributed by atoms with van der Waals surface area (Å²) < 4.78 is 21.2. The van der Waals surface area contributed by atoms with Crippen molar-refractivity contribution in [2.45, 2.75) is 0 Å². The second-order valence-electron chi connectivity index (χ2n) is 16.2. The van der Waals surface area contributed by atoms with E-state index in [0.717, 1.165) is 48.7 Å². The third-order valence-corrected chi connectivity index (χ3v) is 12.8. The van der Waals surface area contributed by atoms with Crippen molar-refractivity contribution >= 4 is 135 Å². The monoisotopic (exact) mass is 762 g/mol. The Bertz CT molecular complexity index is 3360. The highest BCUT2D eigenvalue weighted by atomic mass is 16.7. The summed E-state index contributed by atoms with van der Waals surface area (Å²) in [6.07, 6.45) is 0. The maximum atomic E-state index is 7.08. The fourth-order valence-electron chi connectivity index (χ4n) is 9.91. The molecule has 0 N–H and O–H groups in total. The second kappa shape index (κ2) is 13.3. The molecular weight excluding hydrogens is 729 g/mol. The Morgan fingerprint density at radius 3 is 0.783 bits per heavy atom. The van der Waals surface area contributed by atoms with Gasteiger partial charge in [0.05, 0.1) is 0 Å². The Morgan fingerprint density at radius 1 is 0.200 bits per heavy atom. The lowest BCUT2D eigenvalue weighted by Gasteiger charge is -2.33. The normalized spacial score (nSPS) is 13.7. The van der Waals surface area contributed by atoms with Crippen molar-refractivity contribution < 1.29 is 13.7 Å². The van der Waals surface area contributed by atoms with Crippen LogP contribution >= 0.6 is 0 Å². The molecule has 3 nitrogen and oxygen atoms in total. The second-order valence-corrected chi connectivity index (χ2v) is 16.2. The minimum Gasteiger partial charge on any atom is -0.445 e. The van der Waals surface area contributed by atoms with Gasteiger partial charge in [0.1, 0.15) is 0 Å². The van der Waals surface area contributed by atoms with Gasteiger partial charge in [-0.1, -0.05) is 164 Å². The van der Waals surface area contributed by atoms with Crippen molar-refractivity contribution in [2.75, 3.05) is 0 Å². The van der Waals surface area contributed by atoms with Gasteiger partial charge in [-0.25, -0.2) is 0 Å². The molecule has 13 rings (SSSR count). The van der Waals surface area contributed by atoms with Gasteiger partial charge in [-0.3, -0.25) is 0 Å². The van der Waals surface area contributed by atoms with Crippen LogP contribution in [-0.4, -0.2) is 21.4 Å². The van der Waals surface area contributed by atoms with Gasteiger partial charge in [-0.2, -0.15) is 0 Å². The molecule has 1 saturated heterocycles. The summed E-state index contributed by atoms with van der Waals surface area (Å²) in [6, 6.07) is 72.2. The fourth-order valence-corrected chi connectivity index (χ4v) is 9.91. The summed E-state index contributed by atoms with van der Waals surface area (Å²) >= 11 is 0. The van der Waals surface area contributed by atoms with E-state index in [2.05, 4.69) is 200 Å². The van der Waals surface area contributed by atoms with Crippen molar-refractivity contribution in [2.24, 2.45) is 0 Å². The van der Waals surface area contributed by atoms with Crippen LogP contribution in [0.15, 0.2) is 200 Å². The third-order valence-electron chi connectivity index (χ3n) is 12.8. The molecule has 1 heterocycles. The van der Waals surface area contributed by atoms with E-state index in [-0.39, 0.29) is 0 Å². The quantitative estimate of drug-likeness (QED) is 0.102. The van der Waals surface area contributed by atoms with E-state index >= 15 is 0 Å². The van der Waals surface area contributed by atoms with E-state index in [1.165, 1.54) is 64.6 Å². The van der Waals surface area contributed by atoms with Crippen LogP contribution in [0.25, 0.3) is 97.0 Å². The molecule has 0 bridgehead atoms. The van der Waals surface area contributed by atoms with Gasteiger partial charge in [0.25, 0.3) is 0 Å². The number of fused-ring (bicyclic) bond motifs is 12. The Kier molecular flexibility index (Phi) is 7.52. The lowest BCUT2D eigenvalue weighted by molar-refractivity contribution is 0.309. The van der Waals surface area contributed by atoms with Crippen LogP contribution in [0, 0.1) is 0 Å². The molecule has 276 valence electrons. The molecule has 60 heavy (non-hydrogen) atoms. The molecular formula is C54H33B3O3.